The molecule has 4 rings (SSSR count). The fourth-order valence-corrected chi connectivity index (χ4v) is 3.95. The molecule has 0 radical (unpaired) electrons. The Morgan fingerprint density at radius 3 is 2.82 bits per heavy atom. The van der Waals surface area contributed by atoms with Gasteiger partial charge in [0.15, 0.2) is 5.82 Å². The SMILES string of the molecule is CCOc1ccc2ccccc2c1C(=O)NCc1nnnn1C1CCCCC1. The molecule has 3 aromatic rings. The van der Waals surface area contributed by atoms with Gasteiger partial charge in [-0.15, -0.1) is 5.10 Å². The lowest BCUT2D eigenvalue weighted by molar-refractivity contribution is 0.0947. The second-order valence-corrected chi connectivity index (χ2v) is 7.11. The number of carbonyl (C=O) groups excluding carboxylic acids is 1. The first kappa shape index (κ1) is 18.4. The van der Waals surface area contributed by atoms with Gasteiger partial charge in [-0.1, -0.05) is 49.6 Å². The Hall–Kier alpha value is -2.96. The highest BCUT2D eigenvalue weighted by atomic mass is 16.5. The molecule has 7 nitrogen and oxygen atoms in total. The van der Waals surface area contributed by atoms with E-state index >= 15 is 0 Å². The van der Waals surface area contributed by atoms with Crippen LogP contribution >= 0.6 is 0 Å². The van der Waals surface area contributed by atoms with Gasteiger partial charge in [0.2, 0.25) is 0 Å². The highest BCUT2D eigenvalue weighted by Gasteiger charge is 2.21. The largest absolute Gasteiger partial charge is 0.493 e. The average Bonchev–Trinajstić information content (AvgIpc) is 3.21. The van der Waals surface area contributed by atoms with E-state index in [0.717, 1.165) is 23.6 Å². The third-order valence-corrected chi connectivity index (χ3v) is 5.31. The van der Waals surface area contributed by atoms with E-state index < -0.39 is 0 Å². The Kier molecular flexibility index (Phi) is 5.50. The quantitative estimate of drug-likeness (QED) is 0.707. The van der Waals surface area contributed by atoms with Crippen molar-refractivity contribution in [2.45, 2.75) is 51.6 Å². The molecule has 0 unspecified atom stereocenters. The van der Waals surface area contributed by atoms with Crippen LogP contribution in [0.1, 0.15) is 61.3 Å². The van der Waals surface area contributed by atoms with E-state index in [1.807, 2.05) is 48.0 Å². The van der Waals surface area contributed by atoms with E-state index in [4.69, 9.17) is 4.74 Å². The van der Waals surface area contributed by atoms with Crippen LogP contribution in [0.3, 0.4) is 0 Å². The maximum absolute atomic E-state index is 13.1. The van der Waals surface area contributed by atoms with Gasteiger partial charge < -0.3 is 10.1 Å². The van der Waals surface area contributed by atoms with E-state index in [1.54, 1.807) is 0 Å². The smallest absolute Gasteiger partial charge is 0.256 e. The van der Waals surface area contributed by atoms with Crippen molar-refractivity contribution in [3.63, 3.8) is 0 Å². The number of tetrazole rings is 1. The predicted molar refractivity (Wildman–Crippen MR) is 106 cm³/mol. The van der Waals surface area contributed by atoms with Crippen molar-refractivity contribution in [1.82, 2.24) is 25.5 Å². The first-order chi connectivity index (χ1) is 13.8. The zero-order chi connectivity index (χ0) is 19.3. The molecular formula is C21H25N5O2. The Labute approximate surface area is 164 Å². The lowest BCUT2D eigenvalue weighted by atomic mass is 9.95. The number of benzene rings is 2. The number of amides is 1. The molecule has 146 valence electrons. The number of fused-ring (bicyclic) bond motifs is 1. The summed E-state index contributed by atoms with van der Waals surface area (Å²) in [6.45, 7) is 2.70. The number of carbonyl (C=O) groups is 1. The summed E-state index contributed by atoms with van der Waals surface area (Å²) < 4.78 is 7.60. The lowest BCUT2D eigenvalue weighted by Gasteiger charge is -2.22. The number of aromatic nitrogens is 4. The van der Waals surface area contributed by atoms with Crippen LogP contribution in [0, 0.1) is 0 Å². The fourth-order valence-electron chi connectivity index (χ4n) is 3.95. The van der Waals surface area contributed by atoms with Crippen molar-refractivity contribution in [1.29, 1.82) is 0 Å². The van der Waals surface area contributed by atoms with Gasteiger partial charge in [-0.3, -0.25) is 4.79 Å². The molecule has 1 amide bonds. The summed E-state index contributed by atoms with van der Waals surface area (Å²) in [6.07, 6.45) is 5.84. The molecule has 0 bridgehead atoms. The van der Waals surface area contributed by atoms with Crippen LogP contribution in [-0.4, -0.2) is 32.7 Å². The van der Waals surface area contributed by atoms with Crippen LogP contribution < -0.4 is 10.1 Å². The van der Waals surface area contributed by atoms with Crippen LogP contribution in [0.25, 0.3) is 10.8 Å². The molecule has 1 saturated carbocycles. The molecule has 7 heteroatoms. The number of hydrogen-bond acceptors (Lipinski definition) is 5. The summed E-state index contributed by atoms with van der Waals surface area (Å²) in [5.41, 5.74) is 0.552. The van der Waals surface area contributed by atoms with Gasteiger partial charge in [-0.25, -0.2) is 4.68 Å². The van der Waals surface area contributed by atoms with E-state index in [9.17, 15) is 4.79 Å². The van der Waals surface area contributed by atoms with Gasteiger partial charge in [0.1, 0.15) is 5.75 Å². The molecule has 2 aromatic carbocycles. The van der Waals surface area contributed by atoms with Crippen molar-refractivity contribution in [3.8, 4) is 5.75 Å². The highest BCUT2D eigenvalue weighted by molar-refractivity contribution is 6.09. The summed E-state index contributed by atoms with van der Waals surface area (Å²) in [6, 6.07) is 12.0. The van der Waals surface area contributed by atoms with E-state index in [2.05, 4.69) is 20.8 Å². The van der Waals surface area contributed by atoms with Crippen LogP contribution in [0.5, 0.6) is 5.75 Å². The standard InChI is InChI=1S/C21H25N5O2/c1-2-28-18-13-12-15-8-6-7-11-17(15)20(18)21(27)22-14-19-23-24-25-26(19)16-9-4-3-5-10-16/h6-8,11-13,16H,2-5,9-10,14H2,1H3,(H,22,27). The zero-order valence-electron chi connectivity index (χ0n) is 16.1. The molecule has 0 saturated heterocycles. The number of ether oxygens (including phenoxy) is 1. The third-order valence-electron chi connectivity index (χ3n) is 5.31. The van der Waals surface area contributed by atoms with Crippen molar-refractivity contribution in [3.05, 3.63) is 47.8 Å². The van der Waals surface area contributed by atoms with Crippen molar-refractivity contribution >= 4 is 16.7 Å². The normalized spacial score (nSPS) is 14.9. The Morgan fingerprint density at radius 2 is 2.00 bits per heavy atom. The Bertz CT molecular complexity index is 962. The molecule has 1 aliphatic carbocycles. The molecule has 1 aromatic heterocycles. The molecule has 1 aliphatic rings. The van der Waals surface area contributed by atoms with Crippen LogP contribution in [0.4, 0.5) is 0 Å². The summed E-state index contributed by atoms with van der Waals surface area (Å²) in [5.74, 6) is 1.10. The van der Waals surface area contributed by atoms with Crippen LogP contribution in [0.2, 0.25) is 0 Å². The number of nitrogens with one attached hydrogen (secondary N) is 1. The zero-order valence-corrected chi connectivity index (χ0v) is 16.1. The number of hydrogen-bond donors (Lipinski definition) is 1. The van der Waals surface area contributed by atoms with Crippen LogP contribution in [-0.2, 0) is 6.54 Å². The lowest BCUT2D eigenvalue weighted by Crippen LogP contribution is -2.27. The summed E-state index contributed by atoms with van der Waals surface area (Å²) in [5, 5.41) is 17.0. The maximum Gasteiger partial charge on any atom is 0.256 e. The second kappa shape index (κ2) is 8.37. The van der Waals surface area contributed by atoms with Crippen molar-refractivity contribution < 1.29 is 9.53 Å². The van der Waals surface area contributed by atoms with Crippen molar-refractivity contribution in [2.24, 2.45) is 0 Å². The van der Waals surface area contributed by atoms with Crippen LogP contribution in [0.15, 0.2) is 36.4 Å². The van der Waals surface area contributed by atoms with E-state index in [0.29, 0.717) is 29.8 Å². The minimum atomic E-state index is -0.182. The van der Waals surface area contributed by atoms with Gasteiger partial charge in [0.05, 0.1) is 24.8 Å². The Morgan fingerprint density at radius 1 is 1.18 bits per heavy atom. The predicted octanol–water partition coefficient (Wildman–Crippen LogP) is 3.66. The number of nitrogens with zero attached hydrogens (tertiary/aromatic N) is 4. The minimum absolute atomic E-state index is 0.182. The molecule has 1 N–H and O–H groups in total. The second-order valence-electron chi connectivity index (χ2n) is 7.11. The Balaban J connectivity index is 1.56. The summed E-state index contributed by atoms with van der Waals surface area (Å²) in [7, 11) is 0. The molecular weight excluding hydrogens is 354 g/mol. The molecule has 0 atom stereocenters. The van der Waals surface area contributed by atoms with Gasteiger partial charge in [0, 0.05) is 0 Å². The van der Waals surface area contributed by atoms with Gasteiger partial charge in [-0.2, -0.15) is 0 Å². The first-order valence-corrected chi connectivity index (χ1v) is 9.97. The maximum atomic E-state index is 13.1. The summed E-state index contributed by atoms with van der Waals surface area (Å²) in [4.78, 5) is 13.1. The van der Waals surface area contributed by atoms with Gasteiger partial charge in [-0.05, 0) is 47.0 Å². The third kappa shape index (κ3) is 3.69. The van der Waals surface area contributed by atoms with E-state index in [1.165, 1.54) is 19.3 Å². The fraction of sp³-hybridized carbons (Fsp3) is 0.429. The monoisotopic (exact) mass is 379 g/mol. The first-order valence-electron chi connectivity index (χ1n) is 9.97. The molecule has 0 spiro atoms. The minimum Gasteiger partial charge on any atom is -0.493 e. The molecule has 0 aliphatic heterocycles. The highest BCUT2D eigenvalue weighted by Crippen LogP contribution is 2.29. The average molecular weight is 379 g/mol. The molecule has 28 heavy (non-hydrogen) atoms. The molecule has 1 heterocycles. The van der Waals surface area contributed by atoms with E-state index in [-0.39, 0.29) is 12.5 Å². The number of rotatable bonds is 6. The van der Waals surface area contributed by atoms with Crippen molar-refractivity contribution in [2.75, 3.05) is 6.61 Å². The van der Waals surface area contributed by atoms with Gasteiger partial charge >= 0.3 is 0 Å². The molecule has 1 fully saturated rings. The topological polar surface area (TPSA) is 81.9 Å². The summed E-state index contributed by atoms with van der Waals surface area (Å²) >= 11 is 0. The van der Waals surface area contributed by atoms with Gasteiger partial charge in [0.25, 0.3) is 5.91 Å².